The van der Waals surface area contributed by atoms with Gasteiger partial charge < -0.3 is 5.73 Å². The maximum atomic E-state index is 13.7. The summed E-state index contributed by atoms with van der Waals surface area (Å²) in [5.41, 5.74) is 7.41. The lowest BCUT2D eigenvalue weighted by Crippen LogP contribution is -2.05. The van der Waals surface area contributed by atoms with E-state index in [-0.39, 0.29) is 10.6 Å². The standard InChI is InChI=1S/C14H11ClFNO/c1-8-7-9(5-6-12(8)17)14(18)10-3-2-4-11(15)13(10)16/h2-7H,17H2,1H3. The minimum Gasteiger partial charge on any atom is -0.399 e. The second kappa shape index (κ2) is 4.78. The van der Waals surface area contributed by atoms with Crippen molar-refractivity contribution in [2.75, 3.05) is 5.73 Å². The molecule has 0 heterocycles. The predicted octanol–water partition coefficient (Wildman–Crippen LogP) is 3.60. The quantitative estimate of drug-likeness (QED) is 0.664. The molecule has 2 rings (SSSR count). The van der Waals surface area contributed by atoms with Crippen LogP contribution < -0.4 is 5.73 Å². The minimum absolute atomic E-state index is 0.0355. The maximum absolute atomic E-state index is 13.7. The fraction of sp³-hybridized carbons (Fsp3) is 0.0714. The number of carbonyl (C=O) groups is 1. The summed E-state index contributed by atoms with van der Waals surface area (Å²) in [5.74, 6) is -1.10. The second-order valence-electron chi connectivity index (χ2n) is 4.00. The first-order valence-corrected chi connectivity index (χ1v) is 5.73. The first-order valence-electron chi connectivity index (χ1n) is 5.35. The van der Waals surface area contributed by atoms with E-state index < -0.39 is 11.6 Å². The first-order chi connectivity index (χ1) is 8.50. The average molecular weight is 264 g/mol. The zero-order valence-corrected chi connectivity index (χ0v) is 10.5. The summed E-state index contributed by atoms with van der Waals surface area (Å²) < 4.78 is 13.7. The number of hydrogen-bond donors (Lipinski definition) is 1. The van der Waals surface area contributed by atoms with Gasteiger partial charge in [0.25, 0.3) is 0 Å². The van der Waals surface area contributed by atoms with Gasteiger partial charge in [-0.05, 0) is 42.8 Å². The average Bonchev–Trinajstić information content (AvgIpc) is 2.35. The molecule has 2 aromatic carbocycles. The van der Waals surface area contributed by atoms with Gasteiger partial charge in [0.05, 0.1) is 10.6 Å². The van der Waals surface area contributed by atoms with Gasteiger partial charge in [-0.2, -0.15) is 0 Å². The molecular formula is C14H11ClFNO. The lowest BCUT2D eigenvalue weighted by molar-refractivity contribution is 0.103. The highest BCUT2D eigenvalue weighted by Crippen LogP contribution is 2.22. The van der Waals surface area contributed by atoms with E-state index >= 15 is 0 Å². The molecule has 0 fully saturated rings. The largest absolute Gasteiger partial charge is 0.399 e. The topological polar surface area (TPSA) is 43.1 Å². The fourth-order valence-corrected chi connectivity index (χ4v) is 1.83. The third-order valence-corrected chi connectivity index (χ3v) is 3.02. The number of benzene rings is 2. The van der Waals surface area contributed by atoms with E-state index in [1.807, 2.05) is 0 Å². The molecule has 0 amide bonds. The van der Waals surface area contributed by atoms with Crippen molar-refractivity contribution >= 4 is 23.1 Å². The lowest BCUT2D eigenvalue weighted by Gasteiger charge is -2.06. The van der Waals surface area contributed by atoms with Crippen molar-refractivity contribution < 1.29 is 9.18 Å². The molecule has 92 valence electrons. The van der Waals surface area contributed by atoms with E-state index in [9.17, 15) is 9.18 Å². The summed E-state index contributed by atoms with van der Waals surface area (Å²) in [7, 11) is 0. The second-order valence-corrected chi connectivity index (χ2v) is 4.41. The Balaban J connectivity index is 2.48. The fourth-order valence-electron chi connectivity index (χ4n) is 1.65. The highest BCUT2D eigenvalue weighted by molar-refractivity contribution is 6.31. The normalized spacial score (nSPS) is 10.4. The Kier molecular flexibility index (Phi) is 3.34. The van der Waals surface area contributed by atoms with Crippen molar-refractivity contribution in [2.45, 2.75) is 6.92 Å². The van der Waals surface area contributed by atoms with Crippen molar-refractivity contribution in [1.82, 2.24) is 0 Å². The van der Waals surface area contributed by atoms with Gasteiger partial charge in [-0.15, -0.1) is 0 Å². The Hall–Kier alpha value is -1.87. The SMILES string of the molecule is Cc1cc(C(=O)c2cccc(Cl)c2F)ccc1N. The number of carbonyl (C=O) groups excluding carboxylic acids is 1. The number of halogens is 2. The number of aryl methyl sites for hydroxylation is 1. The molecule has 0 spiro atoms. The van der Waals surface area contributed by atoms with Crippen molar-refractivity contribution in [2.24, 2.45) is 0 Å². The molecular weight excluding hydrogens is 253 g/mol. The summed E-state index contributed by atoms with van der Waals surface area (Å²) in [4.78, 5) is 12.1. The highest BCUT2D eigenvalue weighted by Gasteiger charge is 2.16. The molecule has 2 N–H and O–H groups in total. The highest BCUT2D eigenvalue weighted by atomic mass is 35.5. The number of hydrogen-bond acceptors (Lipinski definition) is 2. The molecule has 0 saturated carbocycles. The van der Waals surface area contributed by atoms with Gasteiger partial charge in [0.1, 0.15) is 0 Å². The molecule has 18 heavy (non-hydrogen) atoms. The number of nitrogen functional groups attached to an aromatic ring is 1. The van der Waals surface area contributed by atoms with Gasteiger partial charge in [-0.25, -0.2) is 4.39 Å². The van der Waals surface area contributed by atoms with E-state index in [0.717, 1.165) is 5.56 Å². The molecule has 0 aliphatic rings. The first kappa shape index (κ1) is 12.6. The molecule has 0 aliphatic carbocycles. The van der Waals surface area contributed by atoms with Crippen molar-refractivity contribution in [3.63, 3.8) is 0 Å². The van der Waals surface area contributed by atoms with E-state index in [2.05, 4.69) is 0 Å². The molecule has 2 nitrogen and oxygen atoms in total. The Morgan fingerprint density at radius 3 is 2.67 bits per heavy atom. The molecule has 0 saturated heterocycles. The molecule has 0 atom stereocenters. The van der Waals surface area contributed by atoms with Gasteiger partial charge in [0.2, 0.25) is 0 Å². The molecule has 4 heteroatoms. The predicted molar refractivity (Wildman–Crippen MR) is 70.4 cm³/mol. The number of nitrogens with two attached hydrogens (primary N) is 1. The van der Waals surface area contributed by atoms with Gasteiger partial charge in [0, 0.05) is 11.3 Å². The van der Waals surface area contributed by atoms with Gasteiger partial charge >= 0.3 is 0 Å². The van der Waals surface area contributed by atoms with Crippen LogP contribution in [0.4, 0.5) is 10.1 Å². The van der Waals surface area contributed by atoms with E-state index in [1.165, 1.54) is 12.1 Å². The van der Waals surface area contributed by atoms with Gasteiger partial charge in [-0.3, -0.25) is 4.79 Å². The van der Waals surface area contributed by atoms with Crippen molar-refractivity contribution in [1.29, 1.82) is 0 Å². The van der Waals surface area contributed by atoms with Crippen LogP contribution in [0.15, 0.2) is 36.4 Å². The van der Waals surface area contributed by atoms with Crippen LogP contribution in [0, 0.1) is 12.7 Å². The summed E-state index contributed by atoms with van der Waals surface area (Å²) in [6, 6.07) is 9.20. The minimum atomic E-state index is -0.696. The number of rotatable bonds is 2. The summed E-state index contributed by atoms with van der Waals surface area (Å²) in [5, 5.41) is -0.0620. The number of anilines is 1. The molecule has 2 aromatic rings. The van der Waals surface area contributed by atoms with Gasteiger partial charge in [-0.1, -0.05) is 17.7 Å². The molecule has 0 bridgehead atoms. The molecule has 0 aliphatic heterocycles. The van der Waals surface area contributed by atoms with E-state index in [0.29, 0.717) is 11.3 Å². The Morgan fingerprint density at radius 2 is 2.00 bits per heavy atom. The Morgan fingerprint density at radius 1 is 1.28 bits per heavy atom. The lowest BCUT2D eigenvalue weighted by atomic mass is 10.0. The van der Waals surface area contributed by atoms with Crippen LogP contribution in [0.1, 0.15) is 21.5 Å². The Labute approximate surface area is 109 Å². The molecule has 0 aromatic heterocycles. The van der Waals surface area contributed by atoms with Crippen LogP contribution >= 0.6 is 11.6 Å². The van der Waals surface area contributed by atoms with Crippen LogP contribution in [0.25, 0.3) is 0 Å². The molecule has 0 radical (unpaired) electrons. The number of ketones is 1. The van der Waals surface area contributed by atoms with E-state index in [1.54, 1.807) is 31.2 Å². The third-order valence-electron chi connectivity index (χ3n) is 2.73. The van der Waals surface area contributed by atoms with E-state index in [4.69, 9.17) is 17.3 Å². The zero-order valence-electron chi connectivity index (χ0n) is 9.71. The third kappa shape index (κ3) is 2.22. The maximum Gasteiger partial charge on any atom is 0.196 e. The monoisotopic (exact) mass is 263 g/mol. The Bertz CT molecular complexity index is 625. The zero-order chi connectivity index (χ0) is 13.3. The summed E-state index contributed by atoms with van der Waals surface area (Å²) in [6.45, 7) is 1.79. The molecule has 0 unspecified atom stereocenters. The van der Waals surface area contributed by atoms with Crippen molar-refractivity contribution in [3.8, 4) is 0 Å². The van der Waals surface area contributed by atoms with Crippen molar-refractivity contribution in [3.05, 3.63) is 63.9 Å². The van der Waals surface area contributed by atoms with Crippen LogP contribution in [-0.4, -0.2) is 5.78 Å². The van der Waals surface area contributed by atoms with Crippen LogP contribution in [0.2, 0.25) is 5.02 Å². The van der Waals surface area contributed by atoms with Gasteiger partial charge in [0.15, 0.2) is 11.6 Å². The smallest absolute Gasteiger partial charge is 0.196 e. The summed E-state index contributed by atoms with van der Waals surface area (Å²) in [6.07, 6.45) is 0. The van der Waals surface area contributed by atoms with Crippen LogP contribution in [0.5, 0.6) is 0 Å². The van der Waals surface area contributed by atoms with Crippen LogP contribution in [0.3, 0.4) is 0 Å². The summed E-state index contributed by atoms with van der Waals surface area (Å²) >= 11 is 5.65. The van der Waals surface area contributed by atoms with Crippen LogP contribution in [-0.2, 0) is 0 Å².